The van der Waals surface area contributed by atoms with Crippen LogP contribution in [0, 0.1) is 13.8 Å². The maximum absolute atomic E-state index is 13.4. The van der Waals surface area contributed by atoms with E-state index >= 15 is 0 Å². The maximum atomic E-state index is 13.4. The summed E-state index contributed by atoms with van der Waals surface area (Å²) in [4.78, 5) is 11.9. The van der Waals surface area contributed by atoms with Crippen molar-refractivity contribution in [1.29, 1.82) is 0 Å². The van der Waals surface area contributed by atoms with E-state index in [1.54, 1.807) is 13.0 Å². The van der Waals surface area contributed by atoms with Crippen molar-refractivity contribution in [3.05, 3.63) is 28.8 Å². The van der Waals surface area contributed by atoms with Crippen LogP contribution in [0.25, 0.3) is 0 Å². The highest BCUT2D eigenvalue weighted by atomic mass is 19.4. The summed E-state index contributed by atoms with van der Waals surface area (Å²) >= 11 is 0. The molecule has 3 nitrogen and oxygen atoms in total. The van der Waals surface area contributed by atoms with E-state index in [9.17, 15) is 31.9 Å². The molecule has 0 amide bonds. The molecule has 1 heterocycles. The smallest absolute Gasteiger partial charge is 0.454 e. The van der Waals surface area contributed by atoms with Gasteiger partial charge in [0, 0.05) is 0 Å². The Kier molecular flexibility index (Phi) is 3.28. The van der Waals surface area contributed by atoms with E-state index in [2.05, 4.69) is 4.74 Å². The molecule has 1 aliphatic rings. The SMILES string of the molecule is Cc1cc(C)c2c(c1)O[C@](O)(C(F)(F)C(F)(F)F)CC2=O. The van der Waals surface area contributed by atoms with E-state index in [0.29, 0.717) is 11.1 Å². The van der Waals surface area contributed by atoms with E-state index in [-0.39, 0.29) is 5.56 Å². The van der Waals surface area contributed by atoms with Crippen molar-refractivity contribution in [3.63, 3.8) is 0 Å². The first-order valence-electron chi connectivity index (χ1n) is 5.89. The van der Waals surface area contributed by atoms with Crippen molar-refractivity contribution in [2.24, 2.45) is 0 Å². The molecule has 1 N–H and O–H groups in total. The number of ketones is 1. The number of benzene rings is 1. The molecule has 1 aromatic carbocycles. The van der Waals surface area contributed by atoms with Gasteiger partial charge in [0.15, 0.2) is 5.78 Å². The molecule has 0 fully saturated rings. The third kappa shape index (κ3) is 2.27. The van der Waals surface area contributed by atoms with Crippen molar-refractivity contribution in [3.8, 4) is 5.75 Å². The zero-order valence-electron chi connectivity index (χ0n) is 11.0. The summed E-state index contributed by atoms with van der Waals surface area (Å²) in [5, 5.41) is 9.62. The van der Waals surface area contributed by atoms with Gasteiger partial charge in [-0.05, 0) is 31.0 Å². The van der Waals surface area contributed by atoms with Crippen LogP contribution in [0.5, 0.6) is 5.75 Å². The van der Waals surface area contributed by atoms with Crippen molar-refractivity contribution in [1.82, 2.24) is 0 Å². The Morgan fingerprint density at radius 1 is 1.19 bits per heavy atom. The molecular formula is C13H11F5O3. The second-order valence-corrected chi connectivity index (χ2v) is 5.01. The van der Waals surface area contributed by atoms with Crippen molar-refractivity contribution < 1.29 is 36.6 Å². The number of fused-ring (bicyclic) bond motifs is 1. The van der Waals surface area contributed by atoms with Gasteiger partial charge in [-0.25, -0.2) is 0 Å². The van der Waals surface area contributed by atoms with Crippen LogP contribution >= 0.6 is 0 Å². The predicted octanol–water partition coefficient (Wildman–Crippen LogP) is 3.15. The lowest BCUT2D eigenvalue weighted by Crippen LogP contribution is -2.62. The van der Waals surface area contributed by atoms with Gasteiger partial charge in [0.25, 0.3) is 5.79 Å². The molecule has 1 atom stereocenters. The van der Waals surface area contributed by atoms with Crippen molar-refractivity contribution in [2.75, 3.05) is 0 Å². The minimum absolute atomic E-state index is 0.0942. The molecule has 0 aliphatic carbocycles. The topological polar surface area (TPSA) is 46.5 Å². The van der Waals surface area contributed by atoms with E-state index < -0.39 is 35.8 Å². The van der Waals surface area contributed by atoms with Gasteiger partial charge in [-0.2, -0.15) is 22.0 Å². The van der Waals surface area contributed by atoms with Crippen LogP contribution in [-0.2, 0) is 0 Å². The van der Waals surface area contributed by atoms with Gasteiger partial charge in [0.05, 0.1) is 12.0 Å². The molecule has 0 spiro atoms. The molecule has 0 saturated carbocycles. The largest absolute Gasteiger partial charge is 0.460 e. The highest BCUT2D eigenvalue weighted by molar-refractivity contribution is 6.01. The van der Waals surface area contributed by atoms with Crippen LogP contribution in [0.3, 0.4) is 0 Å². The molecule has 0 radical (unpaired) electrons. The second-order valence-electron chi connectivity index (χ2n) is 5.01. The summed E-state index contributed by atoms with van der Waals surface area (Å²) in [5.74, 6) is -11.0. The highest BCUT2D eigenvalue weighted by Gasteiger charge is 2.73. The average Bonchev–Trinajstić information content (AvgIpc) is 2.24. The third-order valence-corrected chi connectivity index (χ3v) is 3.25. The Morgan fingerprint density at radius 2 is 1.76 bits per heavy atom. The van der Waals surface area contributed by atoms with Crippen molar-refractivity contribution in [2.45, 2.75) is 38.2 Å². The summed E-state index contributed by atoms with van der Waals surface area (Å²) in [7, 11) is 0. The fraction of sp³-hybridized carbons (Fsp3) is 0.462. The Balaban J connectivity index is 2.56. The Bertz CT molecular complexity index is 609. The molecule has 21 heavy (non-hydrogen) atoms. The lowest BCUT2D eigenvalue weighted by atomic mass is 9.90. The standard InChI is InChI=1S/C13H11F5O3/c1-6-3-7(2)10-8(19)5-11(20,21-9(10)4-6)12(14,15)13(16,17)18/h3-4,20H,5H2,1-2H3/t11-/m0/s1. The maximum Gasteiger partial charge on any atom is 0.460 e. The minimum Gasteiger partial charge on any atom is -0.454 e. The number of carbonyl (C=O) groups excluding carboxylic acids is 1. The number of carbonyl (C=O) groups is 1. The molecular weight excluding hydrogens is 299 g/mol. The number of hydrogen-bond donors (Lipinski definition) is 1. The molecule has 8 heteroatoms. The summed E-state index contributed by atoms with van der Waals surface area (Å²) in [6, 6.07) is 2.70. The first-order chi connectivity index (χ1) is 9.39. The van der Waals surface area contributed by atoms with Gasteiger partial charge in [-0.15, -0.1) is 0 Å². The molecule has 2 rings (SSSR count). The molecule has 116 valence electrons. The van der Waals surface area contributed by atoms with E-state index in [1.807, 2.05) is 0 Å². The summed E-state index contributed by atoms with van der Waals surface area (Å²) in [5.41, 5.74) is 0.786. The fourth-order valence-electron chi connectivity index (χ4n) is 2.29. The molecule has 0 bridgehead atoms. The Labute approximate surface area is 116 Å². The number of alkyl halides is 5. The van der Waals surface area contributed by atoms with Gasteiger partial charge in [-0.1, -0.05) is 6.07 Å². The van der Waals surface area contributed by atoms with Crippen LogP contribution in [0.1, 0.15) is 27.9 Å². The number of rotatable bonds is 1. The zero-order valence-corrected chi connectivity index (χ0v) is 11.0. The lowest BCUT2D eigenvalue weighted by Gasteiger charge is -2.39. The molecule has 0 saturated heterocycles. The quantitative estimate of drug-likeness (QED) is 0.811. The average molecular weight is 310 g/mol. The van der Waals surface area contributed by atoms with Gasteiger partial charge in [0.1, 0.15) is 5.75 Å². The number of halogens is 5. The second kappa shape index (κ2) is 4.40. The van der Waals surface area contributed by atoms with Crippen molar-refractivity contribution >= 4 is 5.78 Å². The summed E-state index contributed by atoms with van der Waals surface area (Å²) in [6.07, 6.45) is -7.52. The van der Waals surface area contributed by atoms with E-state index in [1.165, 1.54) is 6.92 Å². The number of aliphatic hydroxyl groups is 1. The molecule has 1 aliphatic heterocycles. The van der Waals surface area contributed by atoms with E-state index in [0.717, 1.165) is 6.07 Å². The Hall–Kier alpha value is -1.70. The van der Waals surface area contributed by atoms with Crippen LogP contribution in [0.15, 0.2) is 12.1 Å². The van der Waals surface area contributed by atoms with Crippen LogP contribution in [0.2, 0.25) is 0 Å². The summed E-state index contributed by atoms with van der Waals surface area (Å²) < 4.78 is 68.6. The number of ether oxygens (including phenoxy) is 1. The van der Waals surface area contributed by atoms with Gasteiger partial charge in [0.2, 0.25) is 0 Å². The fourth-order valence-corrected chi connectivity index (χ4v) is 2.29. The van der Waals surface area contributed by atoms with Crippen LogP contribution in [-0.4, -0.2) is 28.8 Å². The first-order valence-corrected chi connectivity index (χ1v) is 5.89. The number of aryl methyl sites for hydroxylation is 2. The van der Waals surface area contributed by atoms with Crippen LogP contribution in [0.4, 0.5) is 22.0 Å². The van der Waals surface area contributed by atoms with Gasteiger partial charge < -0.3 is 9.84 Å². The Morgan fingerprint density at radius 3 is 2.29 bits per heavy atom. The number of hydrogen-bond acceptors (Lipinski definition) is 3. The van der Waals surface area contributed by atoms with Gasteiger partial charge in [-0.3, -0.25) is 4.79 Å². The van der Waals surface area contributed by atoms with Gasteiger partial charge >= 0.3 is 12.1 Å². The third-order valence-electron chi connectivity index (χ3n) is 3.25. The predicted molar refractivity (Wildman–Crippen MR) is 61.4 cm³/mol. The first kappa shape index (κ1) is 15.7. The highest BCUT2D eigenvalue weighted by Crippen LogP contribution is 2.49. The molecule has 0 aromatic heterocycles. The zero-order chi connectivity index (χ0) is 16.2. The number of Topliss-reactive ketones (excluding diaryl/α,β-unsaturated/α-hetero) is 1. The monoisotopic (exact) mass is 310 g/mol. The van der Waals surface area contributed by atoms with Crippen LogP contribution < -0.4 is 4.74 Å². The lowest BCUT2D eigenvalue weighted by molar-refractivity contribution is -0.384. The minimum atomic E-state index is -6.04. The molecule has 0 unspecified atom stereocenters. The molecule has 1 aromatic rings. The normalized spacial score (nSPS) is 22.8. The summed E-state index contributed by atoms with van der Waals surface area (Å²) in [6.45, 7) is 3.05. The van der Waals surface area contributed by atoms with E-state index in [4.69, 9.17) is 0 Å².